The highest BCUT2D eigenvalue weighted by molar-refractivity contribution is 9.10. The van der Waals surface area contributed by atoms with Crippen molar-refractivity contribution in [1.29, 1.82) is 0 Å². The number of halogens is 1. The second-order valence-corrected chi connectivity index (χ2v) is 9.11. The molecule has 0 saturated carbocycles. The number of benzene rings is 2. The number of carboxylic acids is 1. The van der Waals surface area contributed by atoms with Crippen LogP contribution < -0.4 is 9.62 Å². The summed E-state index contributed by atoms with van der Waals surface area (Å²) in [5.74, 6) is -1.18. The molecule has 1 aliphatic heterocycles. The average Bonchev–Trinajstić information content (AvgIpc) is 2.68. The van der Waals surface area contributed by atoms with E-state index in [0.29, 0.717) is 0 Å². The first-order valence-electron chi connectivity index (χ1n) is 8.93. The molecule has 2 aromatic rings. The number of carboxylic acid groups (broad SMARTS) is 1. The fraction of sp³-hybridized carbons (Fsp3) is 0.316. The van der Waals surface area contributed by atoms with Crippen molar-refractivity contribution >= 4 is 43.3 Å². The minimum absolute atomic E-state index is 0.0476. The number of hydrogen-bond acceptors (Lipinski definition) is 5. The first-order chi connectivity index (χ1) is 13.3. The molecule has 3 rings (SSSR count). The molecule has 0 aliphatic carbocycles. The van der Waals surface area contributed by atoms with Gasteiger partial charge in [-0.25, -0.2) is 13.2 Å². The van der Waals surface area contributed by atoms with Crippen LogP contribution in [0.4, 0.5) is 11.4 Å². The minimum atomic E-state index is -3.89. The zero-order chi connectivity index (χ0) is 20.3. The van der Waals surface area contributed by atoms with Gasteiger partial charge in [0.2, 0.25) is 0 Å². The lowest BCUT2D eigenvalue weighted by atomic mass is 10.1. The van der Waals surface area contributed by atoms with Crippen LogP contribution >= 0.6 is 15.9 Å². The average molecular weight is 468 g/mol. The summed E-state index contributed by atoms with van der Waals surface area (Å²) in [5, 5.41) is 9.60. The molecule has 0 unspecified atom stereocenters. The lowest BCUT2D eigenvalue weighted by Crippen LogP contribution is -2.46. The Morgan fingerprint density at radius 1 is 1.11 bits per heavy atom. The van der Waals surface area contributed by atoms with E-state index in [1.807, 2.05) is 0 Å². The van der Waals surface area contributed by atoms with Crippen LogP contribution in [-0.2, 0) is 10.0 Å². The van der Waals surface area contributed by atoms with Crippen molar-refractivity contribution in [2.75, 3.05) is 42.3 Å². The van der Waals surface area contributed by atoms with Crippen LogP contribution in [0, 0.1) is 0 Å². The molecule has 0 spiro atoms. The van der Waals surface area contributed by atoms with Gasteiger partial charge in [-0.2, -0.15) is 0 Å². The third kappa shape index (κ3) is 4.65. The summed E-state index contributed by atoms with van der Waals surface area (Å²) in [6.07, 6.45) is 0. The molecule has 0 atom stereocenters. The Hall–Kier alpha value is -2.10. The SMILES string of the molecule is CCN1CCN(c2ccc(NS(=O)(=O)c3ccc(Br)cc3)c(C(=O)O)c2)CC1. The van der Waals surface area contributed by atoms with Crippen LogP contribution in [0.2, 0.25) is 0 Å². The third-order valence-corrected chi connectivity index (χ3v) is 6.70. The predicted molar refractivity (Wildman–Crippen MR) is 113 cm³/mol. The molecule has 2 aromatic carbocycles. The monoisotopic (exact) mass is 467 g/mol. The third-order valence-electron chi connectivity index (χ3n) is 4.79. The van der Waals surface area contributed by atoms with E-state index < -0.39 is 16.0 Å². The van der Waals surface area contributed by atoms with E-state index in [-0.39, 0.29) is 16.1 Å². The van der Waals surface area contributed by atoms with Gasteiger partial charge in [-0.05, 0) is 49.0 Å². The number of nitrogens with zero attached hydrogens (tertiary/aromatic N) is 2. The summed E-state index contributed by atoms with van der Waals surface area (Å²) in [7, 11) is -3.89. The molecule has 0 radical (unpaired) electrons. The highest BCUT2D eigenvalue weighted by Gasteiger charge is 2.21. The molecule has 1 heterocycles. The number of aromatic carboxylic acids is 1. The lowest BCUT2D eigenvalue weighted by Gasteiger charge is -2.35. The Kier molecular flexibility index (Phi) is 6.26. The van der Waals surface area contributed by atoms with E-state index in [0.717, 1.165) is 42.9 Å². The van der Waals surface area contributed by atoms with E-state index in [1.54, 1.807) is 18.2 Å². The zero-order valence-electron chi connectivity index (χ0n) is 15.4. The summed E-state index contributed by atoms with van der Waals surface area (Å²) in [6, 6.07) is 10.9. The number of hydrogen-bond donors (Lipinski definition) is 2. The molecule has 2 N–H and O–H groups in total. The first kappa shape index (κ1) is 20.6. The fourth-order valence-electron chi connectivity index (χ4n) is 3.13. The lowest BCUT2D eigenvalue weighted by molar-refractivity contribution is 0.0698. The van der Waals surface area contributed by atoms with Gasteiger partial charge in [0.15, 0.2) is 0 Å². The number of likely N-dealkylation sites (N-methyl/N-ethyl adjacent to an activating group) is 1. The maximum absolute atomic E-state index is 12.6. The van der Waals surface area contributed by atoms with Gasteiger partial charge in [0.05, 0.1) is 16.1 Å². The molecule has 0 aromatic heterocycles. The summed E-state index contributed by atoms with van der Waals surface area (Å²) in [4.78, 5) is 16.3. The second-order valence-electron chi connectivity index (χ2n) is 6.52. The maximum atomic E-state index is 12.6. The number of nitrogens with one attached hydrogen (secondary N) is 1. The molecular weight excluding hydrogens is 446 g/mol. The van der Waals surface area contributed by atoms with E-state index in [9.17, 15) is 18.3 Å². The van der Waals surface area contributed by atoms with E-state index in [2.05, 4.69) is 37.4 Å². The van der Waals surface area contributed by atoms with Crippen LogP contribution in [0.5, 0.6) is 0 Å². The van der Waals surface area contributed by atoms with Gasteiger partial charge in [0.25, 0.3) is 10.0 Å². The fourth-order valence-corrected chi connectivity index (χ4v) is 4.48. The highest BCUT2D eigenvalue weighted by Crippen LogP contribution is 2.27. The number of anilines is 2. The van der Waals surface area contributed by atoms with Crippen LogP contribution in [0.15, 0.2) is 51.8 Å². The number of sulfonamides is 1. The van der Waals surface area contributed by atoms with Crippen LogP contribution in [-0.4, -0.2) is 57.1 Å². The van der Waals surface area contributed by atoms with Gasteiger partial charge in [-0.1, -0.05) is 22.9 Å². The quantitative estimate of drug-likeness (QED) is 0.678. The van der Waals surface area contributed by atoms with Gasteiger partial charge in [-0.15, -0.1) is 0 Å². The van der Waals surface area contributed by atoms with Crippen molar-refractivity contribution in [3.8, 4) is 0 Å². The van der Waals surface area contributed by atoms with Crippen LogP contribution in [0.1, 0.15) is 17.3 Å². The van der Waals surface area contributed by atoms with E-state index in [4.69, 9.17) is 0 Å². The molecule has 1 aliphatic rings. The molecule has 150 valence electrons. The summed E-state index contributed by atoms with van der Waals surface area (Å²) in [5.41, 5.74) is 0.752. The van der Waals surface area contributed by atoms with Crippen LogP contribution in [0.25, 0.3) is 0 Å². The smallest absolute Gasteiger partial charge is 0.337 e. The van der Waals surface area contributed by atoms with E-state index in [1.165, 1.54) is 24.3 Å². The van der Waals surface area contributed by atoms with Crippen LogP contribution in [0.3, 0.4) is 0 Å². The van der Waals surface area contributed by atoms with Crippen molar-refractivity contribution in [1.82, 2.24) is 4.90 Å². The first-order valence-corrected chi connectivity index (χ1v) is 11.2. The number of rotatable bonds is 6. The maximum Gasteiger partial charge on any atom is 0.337 e. The van der Waals surface area contributed by atoms with Gasteiger partial charge >= 0.3 is 5.97 Å². The van der Waals surface area contributed by atoms with E-state index >= 15 is 0 Å². The normalized spacial score (nSPS) is 15.4. The zero-order valence-corrected chi connectivity index (χ0v) is 17.8. The molecule has 7 nitrogen and oxygen atoms in total. The molecule has 0 bridgehead atoms. The molecule has 1 fully saturated rings. The Morgan fingerprint density at radius 3 is 2.32 bits per heavy atom. The van der Waals surface area contributed by atoms with Crippen molar-refractivity contribution in [3.05, 3.63) is 52.5 Å². The van der Waals surface area contributed by atoms with Gasteiger partial charge in [0.1, 0.15) is 0 Å². The standard InChI is InChI=1S/C19H22BrN3O4S/c1-2-22-9-11-23(12-10-22)15-5-8-18(17(13-15)19(24)25)21-28(26,27)16-6-3-14(20)4-7-16/h3-8,13,21H,2,9-12H2,1H3,(H,24,25). The van der Waals surface area contributed by atoms with Crippen molar-refractivity contribution in [2.24, 2.45) is 0 Å². The highest BCUT2D eigenvalue weighted by atomic mass is 79.9. The molecule has 28 heavy (non-hydrogen) atoms. The van der Waals surface area contributed by atoms with Crippen molar-refractivity contribution in [3.63, 3.8) is 0 Å². The summed E-state index contributed by atoms with van der Waals surface area (Å²) >= 11 is 3.26. The largest absolute Gasteiger partial charge is 0.478 e. The summed E-state index contributed by atoms with van der Waals surface area (Å²) in [6.45, 7) is 6.54. The topological polar surface area (TPSA) is 90.0 Å². The Labute approximate surface area is 173 Å². The molecule has 9 heteroatoms. The molecule has 1 saturated heterocycles. The minimum Gasteiger partial charge on any atom is -0.478 e. The van der Waals surface area contributed by atoms with Crippen molar-refractivity contribution < 1.29 is 18.3 Å². The number of carbonyl (C=O) groups is 1. The second kappa shape index (κ2) is 8.50. The van der Waals surface area contributed by atoms with Gasteiger partial charge in [-0.3, -0.25) is 4.72 Å². The van der Waals surface area contributed by atoms with Gasteiger partial charge < -0.3 is 14.9 Å². The summed E-state index contributed by atoms with van der Waals surface area (Å²) < 4.78 is 28.4. The molecular formula is C19H22BrN3O4S. The Morgan fingerprint density at radius 2 is 1.75 bits per heavy atom. The molecule has 0 amide bonds. The van der Waals surface area contributed by atoms with Gasteiger partial charge in [0, 0.05) is 36.3 Å². The number of piperazine rings is 1. The Bertz CT molecular complexity index is 956. The Balaban J connectivity index is 1.85. The predicted octanol–water partition coefficient (Wildman–Crippen LogP) is 3.09. The van der Waals surface area contributed by atoms with Crippen molar-refractivity contribution in [2.45, 2.75) is 11.8 Å².